The molecule has 1 aliphatic rings. The van der Waals surface area contributed by atoms with Crippen LogP contribution in [-0.4, -0.2) is 73.5 Å². The molecule has 6 N–H and O–H groups in total. The number of aliphatic hydroxyl groups is 4. The van der Waals surface area contributed by atoms with Crippen molar-refractivity contribution in [1.82, 2.24) is 0 Å². The van der Waals surface area contributed by atoms with E-state index in [0.29, 0.717) is 0 Å². The lowest BCUT2D eigenvalue weighted by Gasteiger charge is -2.40. The fourth-order valence-corrected chi connectivity index (χ4v) is 2.30. The monoisotopic (exact) mass is 272 g/mol. The van der Waals surface area contributed by atoms with Gasteiger partial charge in [0, 0.05) is 0 Å². The highest BCUT2D eigenvalue weighted by Crippen LogP contribution is 2.37. The Labute approximate surface area is 97.6 Å². The average Bonchev–Trinajstić information content (AvgIpc) is 2.24. The third-order valence-electron chi connectivity index (χ3n) is 2.70. The number of hydrogen-bond donors (Lipinski definition) is 6. The van der Waals surface area contributed by atoms with Crippen LogP contribution < -0.4 is 0 Å². The summed E-state index contributed by atoms with van der Waals surface area (Å²) in [6, 6.07) is 0. The Morgan fingerprint density at radius 1 is 1.00 bits per heavy atom. The molecule has 1 fully saturated rings. The van der Waals surface area contributed by atoms with Gasteiger partial charge >= 0.3 is 7.60 Å². The standard InChI is InChI=1S/C8H17O8P/c9-3-5-7(11)8(12)6(10)4(16-5)1-2-17(13,14)15/h4-12H,1-3H2,(H2,13,14,15)/t4-,5-,6+,7-,8-/m1/s1. The summed E-state index contributed by atoms with van der Waals surface area (Å²) in [4.78, 5) is 17.4. The minimum atomic E-state index is -4.22. The van der Waals surface area contributed by atoms with Crippen molar-refractivity contribution in [2.45, 2.75) is 36.9 Å². The van der Waals surface area contributed by atoms with E-state index in [1.807, 2.05) is 0 Å². The lowest BCUT2D eigenvalue weighted by atomic mass is 9.94. The maximum Gasteiger partial charge on any atom is 0.325 e. The molecule has 9 heteroatoms. The van der Waals surface area contributed by atoms with Crippen LogP contribution in [0.1, 0.15) is 6.42 Å². The zero-order chi connectivity index (χ0) is 13.2. The Hall–Kier alpha value is -0.0500. The maximum atomic E-state index is 10.7. The van der Waals surface area contributed by atoms with Crippen molar-refractivity contribution in [3.63, 3.8) is 0 Å². The van der Waals surface area contributed by atoms with Crippen LogP contribution >= 0.6 is 7.60 Å². The SMILES string of the molecule is O=P(O)(O)CC[C@H]1O[C@H](CO)[C@@H](O)[C@H](O)[C@H]1O. The van der Waals surface area contributed by atoms with Gasteiger partial charge in [0.2, 0.25) is 0 Å². The van der Waals surface area contributed by atoms with E-state index in [4.69, 9.17) is 19.6 Å². The summed E-state index contributed by atoms with van der Waals surface area (Å²) in [7, 11) is -4.22. The largest absolute Gasteiger partial charge is 0.394 e. The Morgan fingerprint density at radius 3 is 2.00 bits per heavy atom. The van der Waals surface area contributed by atoms with Crippen LogP contribution in [0.15, 0.2) is 0 Å². The smallest absolute Gasteiger partial charge is 0.325 e. The molecular formula is C8H17O8P. The first-order chi connectivity index (χ1) is 7.76. The molecule has 0 amide bonds. The maximum absolute atomic E-state index is 10.7. The molecule has 1 aliphatic heterocycles. The summed E-state index contributed by atoms with van der Waals surface area (Å²) in [5.41, 5.74) is 0. The highest BCUT2D eigenvalue weighted by molar-refractivity contribution is 7.51. The summed E-state index contributed by atoms with van der Waals surface area (Å²) in [5.74, 6) is 0. The molecule has 0 spiro atoms. The van der Waals surface area contributed by atoms with Crippen molar-refractivity contribution >= 4 is 7.60 Å². The van der Waals surface area contributed by atoms with E-state index < -0.39 is 50.9 Å². The predicted octanol–water partition coefficient (Wildman–Crippen LogP) is -2.60. The zero-order valence-corrected chi connectivity index (χ0v) is 9.85. The van der Waals surface area contributed by atoms with Crippen molar-refractivity contribution in [3.8, 4) is 0 Å². The molecule has 0 aromatic carbocycles. The molecule has 0 bridgehead atoms. The van der Waals surface area contributed by atoms with Gasteiger partial charge in [-0.15, -0.1) is 0 Å². The first kappa shape index (κ1) is 15.0. The molecule has 8 nitrogen and oxygen atoms in total. The van der Waals surface area contributed by atoms with Crippen molar-refractivity contribution < 1.29 is 39.5 Å². The van der Waals surface area contributed by atoms with Crippen LogP contribution in [-0.2, 0) is 9.30 Å². The fraction of sp³-hybridized carbons (Fsp3) is 1.00. The first-order valence-corrected chi connectivity index (χ1v) is 6.91. The first-order valence-electron chi connectivity index (χ1n) is 5.11. The zero-order valence-electron chi connectivity index (χ0n) is 8.96. The minimum Gasteiger partial charge on any atom is -0.394 e. The third-order valence-corrected chi connectivity index (χ3v) is 3.54. The number of aliphatic hydroxyl groups excluding tert-OH is 4. The van der Waals surface area contributed by atoms with E-state index in [1.165, 1.54) is 0 Å². The third kappa shape index (κ3) is 3.97. The summed E-state index contributed by atoms with van der Waals surface area (Å²) in [5, 5.41) is 37.3. The average molecular weight is 272 g/mol. The van der Waals surface area contributed by atoms with E-state index in [0.717, 1.165) is 0 Å². The lowest BCUT2D eigenvalue weighted by molar-refractivity contribution is -0.229. The molecule has 1 saturated heterocycles. The van der Waals surface area contributed by atoms with Crippen LogP contribution in [0.2, 0.25) is 0 Å². The Bertz CT molecular complexity index is 289. The van der Waals surface area contributed by atoms with Gasteiger partial charge in [0.1, 0.15) is 24.4 Å². The van der Waals surface area contributed by atoms with Gasteiger partial charge in [-0.25, -0.2) is 0 Å². The van der Waals surface area contributed by atoms with E-state index >= 15 is 0 Å². The second-order valence-corrected chi connectivity index (χ2v) is 5.82. The second-order valence-electron chi connectivity index (χ2n) is 4.04. The van der Waals surface area contributed by atoms with E-state index in [-0.39, 0.29) is 6.42 Å². The molecule has 1 heterocycles. The molecule has 0 aromatic heterocycles. The number of hydrogen-bond acceptors (Lipinski definition) is 6. The van der Waals surface area contributed by atoms with Crippen LogP contribution in [0, 0.1) is 0 Å². The normalized spacial score (nSPS) is 39.3. The van der Waals surface area contributed by atoms with Crippen molar-refractivity contribution in [2.24, 2.45) is 0 Å². The number of rotatable bonds is 4. The molecule has 0 aliphatic carbocycles. The quantitative estimate of drug-likeness (QED) is 0.305. The van der Waals surface area contributed by atoms with Crippen molar-refractivity contribution in [1.29, 1.82) is 0 Å². The molecule has 1 rings (SSSR count). The van der Waals surface area contributed by atoms with Gasteiger partial charge in [-0.05, 0) is 6.42 Å². The molecule has 0 saturated carbocycles. The molecule has 5 atom stereocenters. The molecule has 102 valence electrons. The van der Waals surface area contributed by atoms with E-state index in [2.05, 4.69) is 0 Å². The fourth-order valence-electron chi connectivity index (χ4n) is 1.71. The van der Waals surface area contributed by atoms with Crippen LogP contribution in [0.25, 0.3) is 0 Å². The summed E-state index contributed by atoms with van der Waals surface area (Å²) < 4.78 is 15.7. The molecule has 17 heavy (non-hydrogen) atoms. The summed E-state index contributed by atoms with van der Waals surface area (Å²) in [6.07, 6.45) is -7.17. The van der Waals surface area contributed by atoms with Gasteiger partial charge < -0.3 is 34.9 Å². The molecular weight excluding hydrogens is 255 g/mol. The molecule has 0 radical (unpaired) electrons. The predicted molar refractivity (Wildman–Crippen MR) is 55.3 cm³/mol. The Morgan fingerprint density at radius 2 is 1.53 bits per heavy atom. The van der Waals surface area contributed by atoms with Gasteiger partial charge in [0.25, 0.3) is 0 Å². The van der Waals surface area contributed by atoms with Gasteiger partial charge in [-0.2, -0.15) is 0 Å². The van der Waals surface area contributed by atoms with Gasteiger partial charge in [-0.1, -0.05) is 0 Å². The Balaban J connectivity index is 2.62. The highest BCUT2D eigenvalue weighted by atomic mass is 31.2. The number of ether oxygens (including phenoxy) is 1. The highest BCUT2D eigenvalue weighted by Gasteiger charge is 2.43. The topological polar surface area (TPSA) is 148 Å². The van der Waals surface area contributed by atoms with Crippen LogP contribution in [0.5, 0.6) is 0 Å². The van der Waals surface area contributed by atoms with E-state index in [9.17, 15) is 19.9 Å². The van der Waals surface area contributed by atoms with Crippen molar-refractivity contribution in [2.75, 3.05) is 12.8 Å². The van der Waals surface area contributed by atoms with Crippen LogP contribution in [0.4, 0.5) is 0 Å². The molecule has 0 unspecified atom stereocenters. The second kappa shape index (κ2) is 5.73. The minimum absolute atomic E-state index is 0.175. The van der Waals surface area contributed by atoms with Crippen LogP contribution in [0.3, 0.4) is 0 Å². The van der Waals surface area contributed by atoms with Crippen molar-refractivity contribution in [3.05, 3.63) is 0 Å². The van der Waals surface area contributed by atoms with Gasteiger partial charge in [-0.3, -0.25) is 4.57 Å². The lowest BCUT2D eigenvalue weighted by Crippen LogP contribution is -2.58. The van der Waals surface area contributed by atoms with Gasteiger partial charge in [0.15, 0.2) is 0 Å². The van der Waals surface area contributed by atoms with Gasteiger partial charge in [0.05, 0.1) is 18.9 Å². The van der Waals surface area contributed by atoms with E-state index in [1.54, 1.807) is 0 Å². The summed E-state index contributed by atoms with van der Waals surface area (Å²) in [6.45, 7) is -0.558. The summed E-state index contributed by atoms with van der Waals surface area (Å²) >= 11 is 0. The molecule has 0 aromatic rings. The Kier molecular flexibility index (Phi) is 5.06.